The Bertz CT molecular complexity index is 1060. The highest BCUT2D eigenvalue weighted by atomic mass is 32.2. The zero-order chi connectivity index (χ0) is 28.2. The molecular weight excluding hydrogens is 512 g/mol. The Kier molecular flexibility index (Phi) is 10.3. The SMILES string of the molecule is COc1cc(C)c(S(=O)(=O)N(C)CCC(=O)N[C@H]2CC[C@@H](N3CCC(CN4CCC(C)C4)CC3)CC2)c(C)c1. The number of benzene rings is 1. The number of rotatable bonds is 10. The third kappa shape index (κ3) is 7.75. The summed E-state index contributed by atoms with van der Waals surface area (Å²) in [6.45, 7) is 12.3. The minimum absolute atomic E-state index is 0.0688. The molecule has 3 fully saturated rings. The van der Waals surface area contributed by atoms with Crippen LogP contribution in [0.4, 0.5) is 0 Å². The third-order valence-corrected chi connectivity index (χ3v) is 11.4. The van der Waals surface area contributed by atoms with E-state index in [4.69, 9.17) is 4.74 Å². The average Bonchev–Trinajstić information content (AvgIpc) is 3.31. The van der Waals surface area contributed by atoms with E-state index in [9.17, 15) is 13.2 Å². The first-order valence-corrected chi connectivity index (χ1v) is 16.4. The lowest BCUT2D eigenvalue weighted by Crippen LogP contribution is -2.47. The van der Waals surface area contributed by atoms with Crippen LogP contribution in [-0.2, 0) is 14.8 Å². The maximum atomic E-state index is 13.2. The van der Waals surface area contributed by atoms with Gasteiger partial charge in [-0.05, 0) is 114 Å². The van der Waals surface area contributed by atoms with E-state index in [1.165, 1.54) is 56.3 Å². The van der Waals surface area contributed by atoms with E-state index in [0.717, 1.165) is 37.5 Å². The highest BCUT2D eigenvalue weighted by molar-refractivity contribution is 7.89. The van der Waals surface area contributed by atoms with Gasteiger partial charge in [-0.1, -0.05) is 6.92 Å². The molecular formula is C30H50N4O4S. The van der Waals surface area contributed by atoms with Gasteiger partial charge in [-0.3, -0.25) is 4.79 Å². The Morgan fingerprint density at radius 2 is 1.67 bits per heavy atom. The summed E-state index contributed by atoms with van der Waals surface area (Å²) in [7, 11) is -0.582. The van der Waals surface area contributed by atoms with Crippen molar-refractivity contribution in [1.29, 1.82) is 0 Å². The number of hydrogen-bond donors (Lipinski definition) is 1. The second-order valence-electron chi connectivity index (χ2n) is 12.4. The molecule has 1 unspecified atom stereocenters. The fourth-order valence-corrected chi connectivity index (χ4v) is 8.49. The molecule has 0 spiro atoms. The molecule has 0 aromatic heterocycles. The van der Waals surface area contributed by atoms with E-state index in [1.807, 2.05) is 0 Å². The summed E-state index contributed by atoms with van der Waals surface area (Å²) >= 11 is 0. The Morgan fingerprint density at radius 3 is 2.23 bits per heavy atom. The van der Waals surface area contributed by atoms with Crippen molar-refractivity contribution in [3.63, 3.8) is 0 Å². The minimum atomic E-state index is -3.70. The van der Waals surface area contributed by atoms with Crippen molar-refractivity contribution in [1.82, 2.24) is 19.4 Å². The second kappa shape index (κ2) is 13.3. The predicted octanol–water partition coefficient (Wildman–Crippen LogP) is 3.80. The van der Waals surface area contributed by atoms with Gasteiger partial charge in [-0.15, -0.1) is 0 Å². The van der Waals surface area contributed by atoms with Gasteiger partial charge < -0.3 is 19.9 Å². The number of amides is 1. The number of sulfonamides is 1. The summed E-state index contributed by atoms with van der Waals surface area (Å²) in [6, 6.07) is 4.29. The number of methoxy groups -OCH3 is 1. The summed E-state index contributed by atoms with van der Waals surface area (Å²) in [5, 5.41) is 3.18. The van der Waals surface area contributed by atoms with Crippen LogP contribution in [0.25, 0.3) is 0 Å². The summed E-state index contributed by atoms with van der Waals surface area (Å²) in [4.78, 5) is 18.4. The molecule has 2 heterocycles. The maximum absolute atomic E-state index is 13.2. The molecule has 2 aliphatic heterocycles. The number of hydrogen-bond acceptors (Lipinski definition) is 6. The van der Waals surface area contributed by atoms with Crippen LogP contribution < -0.4 is 10.1 Å². The van der Waals surface area contributed by atoms with Gasteiger partial charge in [0.1, 0.15) is 5.75 Å². The zero-order valence-electron chi connectivity index (χ0n) is 24.7. The van der Waals surface area contributed by atoms with Crippen LogP contribution in [0.15, 0.2) is 17.0 Å². The Balaban J connectivity index is 1.17. The van der Waals surface area contributed by atoms with E-state index < -0.39 is 10.0 Å². The van der Waals surface area contributed by atoms with Crippen molar-refractivity contribution < 1.29 is 17.9 Å². The Morgan fingerprint density at radius 1 is 1.03 bits per heavy atom. The van der Waals surface area contributed by atoms with Crippen molar-refractivity contribution in [2.75, 3.05) is 53.4 Å². The molecule has 39 heavy (non-hydrogen) atoms. The van der Waals surface area contributed by atoms with Crippen LogP contribution in [-0.4, -0.2) is 93.9 Å². The molecule has 0 radical (unpaired) electrons. The molecule has 0 bridgehead atoms. The van der Waals surface area contributed by atoms with Gasteiger partial charge in [-0.25, -0.2) is 12.7 Å². The summed E-state index contributed by atoms with van der Waals surface area (Å²) in [5.41, 5.74) is 1.29. The molecule has 3 aliphatic rings. The second-order valence-corrected chi connectivity index (χ2v) is 14.4. The van der Waals surface area contributed by atoms with Crippen molar-refractivity contribution in [2.24, 2.45) is 11.8 Å². The summed E-state index contributed by atoms with van der Waals surface area (Å²) in [5.74, 6) is 2.28. The molecule has 220 valence electrons. The summed E-state index contributed by atoms with van der Waals surface area (Å²) in [6.07, 6.45) is 8.40. The topological polar surface area (TPSA) is 82.2 Å². The van der Waals surface area contributed by atoms with E-state index in [-0.39, 0.29) is 24.9 Å². The van der Waals surface area contributed by atoms with Gasteiger partial charge in [0.05, 0.1) is 12.0 Å². The number of nitrogens with zero attached hydrogens (tertiary/aromatic N) is 3. The van der Waals surface area contributed by atoms with Crippen molar-refractivity contribution in [3.05, 3.63) is 23.3 Å². The quantitative estimate of drug-likeness (QED) is 0.467. The first-order chi connectivity index (χ1) is 18.6. The van der Waals surface area contributed by atoms with Gasteiger partial charge in [0.2, 0.25) is 15.9 Å². The van der Waals surface area contributed by atoms with Gasteiger partial charge in [0.15, 0.2) is 0 Å². The van der Waals surface area contributed by atoms with E-state index in [2.05, 4.69) is 22.0 Å². The Hall–Kier alpha value is -1.68. The lowest BCUT2D eigenvalue weighted by molar-refractivity contribution is -0.122. The number of nitrogens with one attached hydrogen (secondary N) is 1. The standard InChI is InChI=1S/C30H50N4O4S/c1-22-10-15-33(20-22)21-25-11-16-34(17-12-25)27-8-6-26(7-9-27)31-29(35)13-14-32(4)39(36,37)30-23(2)18-28(38-5)19-24(30)3/h18-19,22,25-27H,6-17,20-21H2,1-5H3,(H,31,35)/t22?,26-,27+. The molecule has 1 saturated carbocycles. The molecule has 1 aliphatic carbocycles. The number of ether oxygens (including phenoxy) is 1. The number of piperidine rings is 1. The molecule has 2 saturated heterocycles. The number of carbonyl (C=O) groups excluding carboxylic acids is 1. The van der Waals surface area contributed by atoms with Crippen molar-refractivity contribution in [2.45, 2.75) is 89.1 Å². The first-order valence-electron chi connectivity index (χ1n) is 14.9. The predicted molar refractivity (Wildman–Crippen MR) is 156 cm³/mol. The summed E-state index contributed by atoms with van der Waals surface area (Å²) < 4.78 is 33.0. The molecule has 1 atom stereocenters. The van der Waals surface area contributed by atoms with Crippen LogP contribution >= 0.6 is 0 Å². The smallest absolute Gasteiger partial charge is 0.243 e. The van der Waals surface area contributed by atoms with Gasteiger partial charge in [-0.2, -0.15) is 0 Å². The monoisotopic (exact) mass is 562 g/mol. The van der Waals surface area contributed by atoms with Crippen molar-refractivity contribution in [3.8, 4) is 5.75 Å². The van der Waals surface area contributed by atoms with Crippen LogP contribution in [0.5, 0.6) is 5.75 Å². The molecule has 9 heteroatoms. The largest absolute Gasteiger partial charge is 0.497 e. The van der Waals surface area contributed by atoms with Crippen LogP contribution in [0.1, 0.15) is 69.4 Å². The van der Waals surface area contributed by atoms with E-state index >= 15 is 0 Å². The van der Waals surface area contributed by atoms with Crippen LogP contribution in [0.2, 0.25) is 0 Å². The molecule has 1 aromatic carbocycles. The number of carbonyl (C=O) groups is 1. The molecule has 1 amide bonds. The van der Waals surface area contributed by atoms with E-state index in [0.29, 0.717) is 27.8 Å². The number of aryl methyl sites for hydroxylation is 2. The van der Waals surface area contributed by atoms with E-state index in [1.54, 1.807) is 40.1 Å². The van der Waals surface area contributed by atoms with Gasteiger partial charge in [0, 0.05) is 45.2 Å². The average molecular weight is 563 g/mol. The first kappa shape index (κ1) is 30.3. The minimum Gasteiger partial charge on any atom is -0.497 e. The Labute approximate surface area is 236 Å². The fourth-order valence-electron chi connectivity index (χ4n) is 6.91. The third-order valence-electron chi connectivity index (χ3n) is 9.24. The highest BCUT2D eigenvalue weighted by Gasteiger charge is 2.31. The normalized spacial score (nSPS) is 25.7. The lowest BCUT2D eigenvalue weighted by Gasteiger charge is -2.41. The molecule has 4 rings (SSSR count). The van der Waals surface area contributed by atoms with Crippen molar-refractivity contribution >= 4 is 15.9 Å². The fraction of sp³-hybridized carbons (Fsp3) is 0.767. The molecule has 8 nitrogen and oxygen atoms in total. The van der Waals surface area contributed by atoms with Gasteiger partial charge in [0.25, 0.3) is 0 Å². The zero-order valence-corrected chi connectivity index (χ0v) is 25.6. The lowest BCUT2D eigenvalue weighted by atomic mass is 9.87. The highest BCUT2D eigenvalue weighted by Crippen LogP contribution is 2.30. The van der Waals surface area contributed by atoms with Gasteiger partial charge >= 0.3 is 0 Å². The van der Waals surface area contributed by atoms with Crippen LogP contribution in [0, 0.1) is 25.7 Å². The maximum Gasteiger partial charge on any atom is 0.243 e. The number of likely N-dealkylation sites (tertiary alicyclic amines) is 2. The molecule has 1 aromatic rings. The van der Waals surface area contributed by atoms with Crippen LogP contribution in [0.3, 0.4) is 0 Å². The molecule has 1 N–H and O–H groups in total.